The zero-order chi connectivity index (χ0) is 20.8. The Morgan fingerprint density at radius 3 is 2.83 bits per heavy atom. The SMILES string of the molecule is CS(=O)(=O)N1CCCC1C(=O)N(CC1CCCO1)c1nc2c(F)cc(F)cc2s1. The Bertz CT molecular complexity index is 1040. The van der Waals surface area contributed by atoms with Gasteiger partial charge in [0.15, 0.2) is 10.9 Å². The Morgan fingerprint density at radius 1 is 1.34 bits per heavy atom. The lowest BCUT2D eigenvalue weighted by Crippen LogP contribution is -2.49. The van der Waals surface area contributed by atoms with Crippen molar-refractivity contribution in [3.05, 3.63) is 23.8 Å². The molecule has 2 aromatic rings. The first-order valence-electron chi connectivity index (χ1n) is 9.39. The van der Waals surface area contributed by atoms with Gasteiger partial charge in [0.05, 0.1) is 23.6 Å². The topological polar surface area (TPSA) is 79.8 Å². The molecule has 1 aromatic heterocycles. The van der Waals surface area contributed by atoms with Crippen LogP contribution in [0.4, 0.5) is 13.9 Å². The molecule has 2 saturated heterocycles. The molecule has 2 aliphatic rings. The number of aromatic nitrogens is 1. The van der Waals surface area contributed by atoms with Crippen LogP contribution in [0, 0.1) is 11.6 Å². The number of hydrogen-bond acceptors (Lipinski definition) is 6. The summed E-state index contributed by atoms with van der Waals surface area (Å²) < 4.78 is 59.1. The molecule has 1 amide bonds. The summed E-state index contributed by atoms with van der Waals surface area (Å²) in [5.41, 5.74) is -0.0112. The van der Waals surface area contributed by atoms with Crippen molar-refractivity contribution >= 4 is 42.6 Å². The molecule has 2 fully saturated rings. The molecular weight excluding hydrogens is 424 g/mol. The number of nitrogens with zero attached hydrogens (tertiary/aromatic N) is 3. The predicted molar refractivity (Wildman–Crippen MR) is 105 cm³/mol. The number of hydrogen-bond donors (Lipinski definition) is 0. The molecule has 0 N–H and O–H groups in total. The first-order valence-corrected chi connectivity index (χ1v) is 12.1. The lowest BCUT2D eigenvalue weighted by Gasteiger charge is -2.29. The molecular formula is C18H21F2N3O4S2. The van der Waals surface area contributed by atoms with E-state index in [-0.39, 0.29) is 34.5 Å². The number of amides is 1. The maximum atomic E-state index is 14.1. The summed E-state index contributed by atoms with van der Waals surface area (Å²) in [5.74, 6) is -1.93. The number of sulfonamides is 1. The Hall–Kier alpha value is -1.69. The molecule has 3 heterocycles. The molecule has 0 saturated carbocycles. The van der Waals surface area contributed by atoms with Crippen LogP contribution in [0.5, 0.6) is 0 Å². The fourth-order valence-corrected chi connectivity index (χ4v) is 6.02. The van der Waals surface area contributed by atoms with Crippen LogP contribution in [0.1, 0.15) is 25.7 Å². The monoisotopic (exact) mass is 445 g/mol. The van der Waals surface area contributed by atoms with Gasteiger partial charge in [-0.3, -0.25) is 9.69 Å². The number of halogens is 2. The lowest BCUT2D eigenvalue weighted by atomic mass is 10.2. The molecule has 158 valence electrons. The molecule has 0 radical (unpaired) electrons. The smallest absolute Gasteiger partial charge is 0.247 e. The third-order valence-corrected chi connectivity index (χ3v) is 7.54. The predicted octanol–water partition coefficient (Wildman–Crippen LogP) is 2.51. The van der Waals surface area contributed by atoms with E-state index in [4.69, 9.17) is 4.74 Å². The fourth-order valence-electron chi connectivity index (χ4n) is 3.88. The summed E-state index contributed by atoms with van der Waals surface area (Å²) in [7, 11) is -3.55. The average Bonchev–Trinajstić information content (AvgIpc) is 3.37. The Kier molecular flexibility index (Phi) is 5.58. The second-order valence-corrected chi connectivity index (χ2v) is 10.3. The van der Waals surface area contributed by atoms with E-state index in [9.17, 15) is 22.0 Å². The van der Waals surface area contributed by atoms with E-state index in [1.54, 1.807) is 0 Å². The highest BCUT2D eigenvalue weighted by Gasteiger charge is 2.40. The van der Waals surface area contributed by atoms with Crippen molar-refractivity contribution in [2.75, 3.05) is 30.9 Å². The molecule has 1 aromatic carbocycles. The van der Waals surface area contributed by atoms with E-state index in [2.05, 4.69) is 4.98 Å². The van der Waals surface area contributed by atoms with Crippen LogP contribution in [0.2, 0.25) is 0 Å². The van der Waals surface area contributed by atoms with Crippen LogP contribution in [0.3, 0.4) is 0 Å². The van der Waals surface area contributed by atoms with E-state index in [0.29, 0.717) is 19.4 Å². The standard InChI is InChI=1S/C18H21F2N3O4S2/c1-29(25,26)23-6-2-5-14(23)17(24)22(10-12-4-3-7-27-12)18-21-16-13(20)8-11(19)9-15(16)28-18/h8-9,12,14H,2-7,10H2,1H3. The van der Waals surface area contributed by atoms with Gasteiger partial charge in [0.1, 0.15) is 17.4 Å². The fraction of sp³-hybridized carbons (Fsp3) is 0.556. The minimum absolute atomic E-state index is 0.0112. The van der Waals surface area contributed by atoms with Gasteiger partial charge in [0, 0.05) is 19.2 Å². The number of thiazole rings is 1. The molecule has 7 nitrogen and oxygen atoms in total. The van der Waals surface area contributed by atoms with Gasteiger partial charge in [-0.15, -0.1) is 0 Å². The highest BCUT2D eigenvalue weighted by molar-refractivity contribution is 7.88. The summed E-state index contributed by atoms with van der Waals surface area (Å²) >= 11 is 1.00. The Morgan fingerprint density at radius 2 is 2.14 bits per heavy atom. The highest BCUT2D eigenvalue weighted by Crippen LogP contribution is 2.34. The lowest BCUT2D eigenvalue weighted by molar-refractivity contribution is -0.122. The molecule has 11 heteroatoms. The van der Waals surface area contributed by atoms with Gasteiger partial charge in [-0.1, -0.05) is 11.3 Å². The third kappa shape index (κ3) is 4.14. The van der Waals surface area contributed by atoms with Crippen LogP contribution >= 0.6 is 11.3 Å². The van der Waals surface area contributed by atoms with Crippen molar-refractivity contribution in [1.29, 1.82) is 0 Å². The van der Waals surface area contributed by atoms with E-state index >= 15 is 0 Å². The van der Waals surface area contributed by atoms with Gasteiger partial charge in [-0.2, -0.15) is 4.31 Å². The number of rotatable bonds is 5. The molecule has 0 aliphatic carbocycles. The van der Waals surface area contributed by atoms with Crippen LogP contribution < -0.4 is 4.90 Å². The van der Waals surface area contributed by atoms with Crippen LogP contribution in [-0.4, -0.2) is 61.7 Å². The molecule has 0 spiro atoms. The maximum Gasteiger partial charge on any atom is 0.247 e. The van der Waals surface area contributed by atoms with Gasteiger partial charge in [-0.05, 0) is 31.7 Å². The largest absolute Gasteiger partial charge is 0.376 e. The van der Waals surface area contributed by atoms with Crippen molar-refractivity contribution < 1.29 is 26.7 Å². The second-order valence-electron chi connectivity index (χ2n) is 7.35. The maximum absolute atomic E-state index is 14.1. The molecule has 2 unspecified atom stereocenters. The Labute approximate surface area is 171 Å². The van der Waals surface area contributed by atoms with Crippen molar-refractivity contribution in [3.63, 3.8) is 0 Å². The number of fused-ring (bicyclic) bond motifs is 1. The van der Waals surface area contributed by atoms with Crippen molar-refractivity contribution in [2.45, 2.75) is 37.8 Å². The second kappa shape index (κ2) is 7.86. The number of benzene rings is 1. The first-order chi connectivity index (χ1) is 13.7. The minimum atomic E-state index is -3.55. The van der Waals surface area contributed by atoms with Gasteiger partial charge in [0.25, 0.3) is 0 Å². The van der Waals surface area contributed by atoms with E-state index in [1.807, 2.05) is 0 Å². The zero-order valence-corrected chi connectivity index (χ0v) is 17.4. The van der Waals surface area contributed by atoms with E-state index in [1.165, 1.54) is 15.3 Å². The van der Waals surface area contributed by atoms with Crippen molar-refractivity contribution in [1.82, 2.24) is 9.29 Å². The van der Waals surface area contributed by atoms with Crippen LogP contribution in [0.15, 0.2) is 12.1 Å². The first kappa shape index (κ1) is 20.6. The quantitative estimate of drug-likeness (QED) is 0.707. The summed E-state index contributed by atoms with van der Waals surface area (Å²) in [4.78, 5) is 19.0. The highest BCUT2D eigenvalue weighted by atomic mass is 32.2. The molecule has 2 atom stereocenters. The number of carbonyl (C=O) groups is 1. The van der Waals surface area contributed by atoms with Gasteiger partial charge >= 0.3 is 0 Å². The minimum Gasteiger partial charge on any atom is -0.376 e. The molecule has 0 bridgehead atoms. The third-order valence-electron chi connectivity index (χ3n) is 5.22. The molecule has 2 aliphatic heterocycles. The van der Waals surface area contributed by atoms with Crippen LogP contribution in [-0.2, 0) is 19.6 Å². The van der Waals surface area contributed by atoms with E-state index in [0.717, 1.165) is 36.5 Å². The van der Waals surface area contributed by atoms with Gasteiger partial charge in [0.2, 0.25) is 15.9 Å². The zero-order valence-electron chi connectivity index (χ0n) is 15.8. The van der Waals surface area contributed by atoms with E-state index < -0.39 is 33.6 Å². The van der Waals surface area contributed by atoms with Gasteiger partial charge in [-0.25, -0.2) is 22.2 Å². The number of carbonyl (C=O) groups excluding carboxylic acids is 1. The Balaban J connectivity index is 1.71. The summed E-state index contributed by atoms with van der Waals surface area (Å²) in [6.07, 6.45) is 3.49. The summed E-state index contributed by atoms with van der Waals surface area (Å²) in [5, 5.41) is 0.213. The molecule has 4 rings (SSSR count). The van der Waals surface area contributed by atoms with Gasteiger partial charge < -0.3 is 4.74 Å². The van der Waals surface area contributed by atoms with Crippen molar-refractivity contribution in [2.24, 2.45) is 0 Å². The van der Waals surface area contributed by atoms with Crippen molar-refractivity contribution in [3.8, 4) is 0 Å². The van der Waals surface area contributed by atoms with Crippen LogP contribution in [0.25, 0.3) is 10.2 Å². The normalized spacial score (nSPS) is 23.1. The summed E-state index contributed by atoms with van der Waals surface area (Å²) in [6, 6.07) is 1.09. The number of anilines is 1. The average molecular weight is 446 g/mol. The summed E-state index contributed by atoms with van der Waals surface area (Å²) in [6.45, 7) is 1.06. The molecule has 29 heavy (non-hydrogen) atoms. The number of ether oxygens (including phenoxy) is 1.